The van der Waals surface area contributed by atoms with Gasteiger partial charge in [-0.3, -0.25) is 4.90 Å². The molecule has 0 N–H and O–H groups in total. The minimum absolute atomic E-state index is 0.676. The van der Waals surface area contributed by atoms with Crippen LogP contribution in [0, 0.1) is 5.92 Å². The molecule has 3 heteroatoms. The first-order valence-electron chi connectivity index (χ1n) is 7.95. The lowest BCUT2D eigenvalue weighted by molar-refractivity contribution is 0.211. The maximum absolute atomic E-state index is 4.85. The summed E-state index contributed by atoms with van der Waals surface area (Å²) in [5.74, 6) is 2.74. The Labute approximate surface area is 115 Å². The van der Waals surface area contributed by atoms with Crippen molar-refractivity contribution >= 4 is 0 Å². The van der Waals surface area contributed by atoms with Crippen LogP contribution in [0.3, 0.4) is 0 Å². The van der Waals surface area contributed by atoms with Crippen molar-refractivity contribution in [1.82, 2.24) is 14.9 Å². The monoisotopic (exact) mass is 257 g/mol. The summed E-state index contributed by atoms with van der Waals surface area (Å²) in [5, 5.41) is 0. The maximum Gasteiger partial charge on any atom is 0.131 e. The Kier molecular flexibility index (Phi) is 3.03. The fourth-order valence-corrected chi connectivity index (χ4v) is 3.62. The molecule has 1 aliphatic heterocycles. The molecular weight excluding hydrogens is 234 g/mol. The van der Waals surface area contributed by atoms with Gasteiger partial charge in [-0.15, -0.1) is 0 Å². The van der Waals surface area contributed by atoms with Crippen LogP contribution < -0.4 is 0 Å². The molecule has 0 unspecified atom stereocenters. The van der Waals surface area contributed by atoms with Gasteiger partial charge in [-0.2, -0.15) is 0 Å². The van der Waals surface area contributed by atoms with Gasteiger partial charge in [0, 0.05) is 31.7 Å². The second-order valence-electron chi connectivity index (χ2n) is 6.61. The molecule has 0 atom stereocenters. The van der Waals surface area contributed by atoms with Crippen molar-refractivity contribution < 1.29 is 0 Å². The first kappa shape index (κ1) is 11.8. The van der Waals surface area contributed by atoms with Crippen LogP contribution in [0.2, 0.25) is 0 Å². The summed E-state index contributed by atoms with van der Waals surface area (Å²) in [5.41, 5.74) is 2.72. The predicted molar refractivity (Wildman–Crippen MR) is 74.9 cm³/mol. The lowest BCUT2D eigenvalue weighted by Gasteiger charge is -2.30. The van der Waals surface area contributed by atoms with E-state index in [0.29, 0.717) is 5.92 Å². The average molecular weight is 257 g/mol. The van der Waals surface area contributed by atoms with E-state index in [9.17, 15) is 0 Å². The fourth-order valence-electron chi connectivity index (χ4n) is 3.62. The summed E-state index contributed by atoms with van der Waals surface area (Å²) >= 11 is 0. The third-order valence-corrected chi connectivity index (χ3v) is 4.98. The third-order valence-electron chi connectivity index (χ3n) is 4.98. The normalized spacial score (nSPS) is 24.6. The van der Waals surface area contributed by atoms with Gasteiger partial charge in [0.25, 0.3) is 0 Å². The largest absolute Gasteiger partial charge is 0.297 e. The van der Waals surface area contributed by atoms with Crippen molar-refractivity contribution in [3.63, 3.8) is 0 Å². The fraction of sp³-hybridized carbons (Fsp3) is 0.750. The molecule has 2 fully saturated rings. The van der Waals surface area contributed by atoms with Crippen LogP contribution in [0.5, 0.6) is 0 Å². The minimum Gasteiger partial charge on any atom is -0.297 e. The van der Waals surface area contributed by atoms with Gasteiger partial charge in [0.15, 0.2) is 0 Å². The van der Waals surface area contributed by atoms with Crippen LogP contribution in [-0.2, 0) is 13.0 Å². The summed E-state index contributed by atoms with van der Waals surface area (Å²) < 4.78 is 0. The molecule has 1 aromatic heterocycles. The molecule has 0 bridgehead atoms. The molecule has 0 radical (unpaired) electrons. The minimum atomic E-state index is 0.676. The zero-order valence-corrected chi connectivity index (χ0v) is 11.6. The van der Waals surface area contributed by atoms with Crippen LogP contribution in [-0.4, -0.2) is 28.0 Å². The quantitative estimate of drug-likeness (QED) is 0.833. The highest BCUT2D eigenvalue weighted by Gasteiger charge is 2.28. The number of nitrogens with zero attached hydrogens (tertiary/aromatic N) is 3. The van der Waals surface area contributed by atoms with Crippen molar-refractivity contribution in [2.75, 3.05) is 13.1 Å². The summed E-state index contributed by atoms with van der Waals surface area (Å²) in [6.07, 6.45) is 11.6. The van der Waals surface area contributed by atoms with Gasteiger partial charge < -0.3 is 0 Å². The van der Waals surface area contributed by atoms with E-state index in [2.05, 4.69) is 16.1 Å². The van der Waals surface area contributed by atoms with E-state index >= 15 is 0 Å². The van der Waals surface area contributed by atoms with Crippen molar-refractivity contribution in [1.29, 1.82) is 0 Å². The summed E-state index contributed by atoms with van der Waals surface area (Å²) in [6, 6.07) is 0. The van der Waals surface area contributed by atoms with Gasteiger partial charge in [0.05, 0.1) is 5.69 Å². The highest BCUT2D eigenvalue weighted by atomic mass is 15.1. The zero-order chi connectivity index (χ0) is 12.7. The Morgan fingerprint density at radius 2 is 2.00 bits per heavy atom. The van der Waals surface area contributed by atoms with Crippen LogP contribution in [0.15, 0.2) is 6.20 Å². The molecule has 102 valence electrons. The lowest BCUT2D eigenvalue weighted by Crippen LogP contribution is -2.34. The zero-order valence-electron chi connectivity index (χ0n) is 11.6. The SMILES string of the molecule is c1nc(C2CC2)nc2c1CCN(CC1CCCC1)C2. The molecule has 4 rings (SSSR count). The van der Waals surface area contributed by atoms with E-state index in [1.165, 1.54) is 62.9 Å². The first-order valence-corrected chi connectivity index (χ1v) is 7.95. The topological polar surface area (TPSA) is 29.0 Å². The molecule has 0 spiro atoms. The van der Waals surface area contributed by atoms with Gasteiger partial charge in [0.1, 0.15) is 5.82 Å². The molecule has 0 amide bonds. The van der Waals surface area contributed by atoms with E-state index in [-0.39, 0.29) is 0 Å². The van der Waals surface area contributed by atoms with E-state index in [1.54, 1.807) is 0 Å². The van der Waals surface area contributed by atoms with Crippen molar-refractivity contribution in [3.8, 4) is 0 Å². The summed E-state index contributed by atoms with van der Waals surface area (Å²) in [4.78, 5) is 12.0. The van der Waals surface area contributed by atoms with Crippen molar-refractivity contribution in [2.45, 2.75) is 57.4 Å². The smallest absolute Gasteiger partial charge is 0.131 e. The first-order chi connectivity index (χ1) is 9.38. The van der Waals surface area contributed by atoms with E-state index in [0.717, 1.165) is 24.7 Å². The number of rotatable bonds is 3. The Morgan fingerprint density at radius 3 is 2.79 bits per heavy atom. The summed E-state index contributed by atoms with van der Waals surface area (Å²) in [7, 11) is 0. The molecule has 2 saturated carbocycles. The number of aromatic nitrogens is 2. The van der Waals surface area contributed by atoms with Gasteiger partial charge in [-0.25, -0.2) is 9.97 Å². The maximum atomic E-state index is 4.85. The number of fused-ring (bicyclic) bond motifs is 1. The van der Waals surface area contributed by atoms with E-state index in [4.69, 9.17) is 4.98 Å². The van der Waals surface area contributed by atoms with E-state index in [1.807, 2.05) is 0 Å². The Bertz CT molecular complexity index is 461. The molecule has 0 aromatic carbocycles. The van der Waals surface area contributed by atoms with Crippen LogP contribution >= 0.6 is 0 Å². The molecule has 3 nitrogen and oxygen atoms in total. The number of hydrogen-bond acceptors (Lipinski definition) is 3. The van der Waals surface area contributed by atoms with Crippen LogP contribution in [0.25, 0.3) is 0 Å². The van der Waals surface area contributed by atoms with Crippen LogP contribution in [0.1, 0.15) is 61.5 Å². The lowest BCUT2D eigenvalue weighted by atomic mass is 10.0. The van der Waals surface area contributed by atoms with Crippen LogP contribution in [0.4, 0.5) is 0 Å². The average Bonchev–Trinajstić information content (AvgIpc) is 3.17. The predicted octanol–water partition coefficient (Wildman–Crippen LogP) is 2.90. The van der Waals surface area contributed by atoms with Gasteiger partial charge in [-0.05, 0) is 43.6 Å². The van der Waals surface area contributed by atoms with Crippen molar-refractivity contribution in [3.05, 3.63) is 23.3 Å². The van der Waals surface area contributed by atoms with Gasteiger partial charge in [-0.1, -0.05) is 12.8 Å². The Balaban J connectivity index is 1.46. The standard InChI is InChI=1S/C16H23N3/c1-2-4-12(3-1)10-19-8-7-14-9-17-16(13-5-6-13)18-15(14)11-19/h9,12-13H,1-8,10-11H2. The number of hydrogen-bond donors (Lipinski definition) is 0. The highest BCUT2D eigenvalue weighted by molar-refractivity contribution is 5.22. The van der Waals surface area contributed by atoms with Gasteiger partial charge in [0.2, 0.25) is 0 Å². The van der Waals surface area contributed by atoms with Gasteiger partial charge >= 0.3 is 0 Å². The molecule has 2 heterocycles. The second-order valence-corrected chi connectivity index (χ2v) is 6.61. The molecule has 19 heavy (non-hydrogen) atoms. The molecule has 3 aliphatic rings. The molecule has 2 aliphatic carbocycles. The third kappa shape index (κ3) is 2.53. The Morgan fingerprint density at radius 1 is 1.16 bits per heavy atom. The molecule has 0 saturated heterocycles. The second kappa shape index (κ2) is 4.86. The highest BCUT2D eigenvalue weighted by Crippen LogP contribution is 2.38. The molecular formula is C16H23N3. The molecule has 1 aromatic rings. The Hall–Kier alpha value is -0.960. The van der Waals surface area contributed by atoms with Crippen molar-refractivity contribution in [2.24, 2.45) is 5.92 Å². The van der Waals surface area contributed by atoms with E-state index < -0.39 is 0 Å². The summed E-state index contributed by atoms with van der Waals surface area (Å²) in [6.45, 7) is 3.56.